The number of carbonyl (C=O) groups is 2. The number of hydrogen-bond acceptors (Lipinski definition) is 12. The molecule has 408 valence electrons. The van der Waals surface area contributed by atoms with E-state index in [1.54, 1.807) is 0 Å². The van der Waals surface area contributed by atoms with Gasteiger partial charge >= 0.3 is 19.8 Å². The fourth-order valence-corrected chi connectivity index (χ4v) is 10.0. The third-order valence-electron chi connectivity index (χ3n) is 13.6. The summed E-state index contributed by atoms with van der Waals surface area (Å²) in [6, 6.07) is 0. The van der Waals surface area contributed by atoms with E-state index in [2.05, 4.69) is 26.0 Å². The van der Waals surface area contributed by atoms with Crippen LogP contribution in [0.3, 0.4) is 0 Å². The molecule has 1 fully saturated rings. The van der Waals surface area contributed by atoms with Crippen molar-refractivity contribution in [2.45, 2.75) is 313 Å². The lowest BCUT2D eigenvalue weighted by atomic mass is 9.85. The fourth-order valence-electron chi connectivity index (χ4n) is 9.05. The molecule has 0 radical (unpaired) electrons. The number of aliphatic hydroxyl groups is 5. The fraction of sp³-hybridized carbons (Fsp3) is 0.927. The first-order chi connectivity index (χ1) is 33.4. The molecule has 0 amide bonds. The quantitative estimate of drug-likeness (QED) is 0.0145. The van der Waals surface area contributed by atoms with Crippen molar-refractivity contribution in [1.29, 1.82) is 0 Å². The smallest absolute Gasteiger partial charge is 0.462 e. The van der Waals surface area contributed by atoms with Crippen LogP contribution in [0.4, 0.5) is 0 Å². The van der Waals surface area contributed by atoms with Gasteiger partial charge in [0.25, 0.3) is 0 Å². The van der Waals surface area contributed by atoms with Crippen LogP contribution < -0.4 is 0 Å². The zero-order valence-corrected chi connectivity index (χ0v) is 44.8. The van der Waals surface area contributed by atoms with Crippen LogP contribution in [0.15, 0.2) is 12.2 Å². The van der Waals surface area contributed by atoms with Crippen LogP contribution in [-0.4, -0.2) is 98.3 Å². The van der Waals surface area contributed by atoms with Crippen LogP contribution in [0.5, 0.6) is 0 Å². The van der Waals surface area contributed by atoms with Gasteiger partial charge in [0.2, 0.25) is 0 Å². The Morgan fingerprint density at radius 1 is 0.435 bits per heavy atom. The molecule has 1 rings (SSSR count). The second kappa shape index (κ2) is 45.2. The van der Waals surface area contributed by atoms with Crippen molar-refractivity contribution in [3.8, 4) is 0 Å². The second-order valence-electron chi connectivity index (χ2n) is 20.2. The molecule has 1 saturated carbocycles. The average Bonchev–Trinajstić information content (AvgIpc) is 3.33. The molecular weight excluding hydrogens is 900 g/mol. The van der Waals surface area contributed by atoms with Crippen LogP contribution in [-0.2, 0) is 32.7 Å². The van der Waals surface area contributed by atoms with Crippen molar-refractivity contribution >= 4 is 19.8 Å². The zero-order chi connectivity index (χ0) is 50.6. The molecule has 0 aliphatic heterocycles. The summed E-state index contributed by atoms with van der Waals surface area (Å²) in [6.07, 6.45) is 38.3. The Morgan fingerprint density at radius 3 is 1.10 bits per heavy atom. The average molecular weight is 1010 g/mol. The molecule has 0 saturated heterocycles. The monoisotopic (exact) mass is 1000 g/mol. The number of phosphoric acid groups is 1. The van der Waals surface area contributed by atoms with Gasteiger partial charge in [0.15, 0.2) is 6.10 Å². The van der Waals surface area contributed by atoms with Crippen molar-refractivity contribution in [3.05, 3.63) is 12.2 Å². The van der Waals surface area contributed by atoms with E-state index >= 15 is 0 Å². The van der Waals surface area contributed by atoms with Gasteiger partial charge in [-0.2, -0.15) is 0 Å². The largest absolute Gasteiger partial charge is 0.472 e. The van der Waals surface area contributed by atoms with Crippen LogP contribution in [0, 0.1) is 0 Å². The molecule has 0 heterocycles. The summed E-state index contributed by atoms with van der Waals surface area (Å²) in [5, 5.41) is 50.3. The summed E-state index contributed by atoms with van der Waals surface area (Å²) in [6.45, 7) is 3.35. The number of aliphatic hydroxyl groups excluding tert-OH is 5. The Labute approximate surface area is 420 Å². The van der Waals surface area contributed by atoms with Crippen LogP contribution in [0.25, 0.3) is 0 Å². The Kier molecular flexibility index (Phi) is 43.0. The lowest BCUT2D eigenvalue weighted by Gasteiger charge is -2.41. The Bertz CT molecular complexity index is 1250. The Hall–Kier alpha value is -1.41. The van der Waals surface area contributed by atoms with E-state index in [9.17, 15) is 44.6 Å². The predicted molar refractivity (Wildman–Crippen MR) is 277 cm³/mol. The van der Waals surface area contributed by atoms with Crippen molar-refractivity contribution in [1.82, 2.24) is 0 Å². The highest BCUT2D eigenvalue weighted by Gasteiger charge is 2.51. The molecule has 14 heteroatoms. The summed E-state index contributed by atoms with van der Waals surface area (Å²) in [5.74, 6) is -1.09. The number of allylic oxidation sites excluding steroid dienone is 2. The molecular formula is C55H105O13P. The maximum Gasteiger partial charge on any atom is 0.472 e. The van der Waals surface area contributed by atoms with Gasteiger partial charge in [-0.25, -0.2) is 4.57 Å². The van der Waals surface area contributed by atoms with E-state index in [0.29, 0.717) is 12.8 Å². The van der Waals surface area contributed by atoms with Crippen molar-refractivity contribution in [2.75, 3.05) is 13.2 Å². The molecule has 6 unspecified atom stereocenters. The third-order valence-corrected chi connectivity index (χ3v) is 14.6. The number of ether oxygens (including phenoxy) is 2. The number of carbonyl (C=O) groups excluding carboxylic acids is 2. The summed E-state index contributed by atoms with van der Waals surface area (Å²) < 4.78 is 33.7. The highest BCUT2D eigenvalue weighted by Crippen LogP contribution is 2.47. The molecule has 13 nitrogen and oxygen atoms in total. The van der Waals surface area contributed by atoms with E-state index in [1.807, 2.05) is 0 Å². The van der Waals surface area contributed by atoms with Crippen molar-refractivity contribution in [2.24, 2.45) is 0 Å². The number of rotatable bonds is 49. The molecule has 1 aliphatic rings. The predicted octanol–water partition coefficient (Wildman–Crippen LogP) is 13.0. The van der Waals surface area contributed by atoms with Gasteiger partial charge in [0.1, 0.15) is 43.2 Å². The molecule has 69 heavy (non-hydrogen) atoms. The van der Waals surface area contributed by atoms with Gasteiger partial charge in [-0.1, -0.05) is 231 Å². The highest BCUT2D eigenvalue weighted by atomic mass is 31.2. The first kappa shape index (κ1) is 65.6. The summed E-state index contributed by atoms with van der Waals surface area (Å²) in [7, 11) is -5.12. The van der Waals surface area contributed by atoms with Crippen molar-refractivity contribution in [3.63, 3.8) is 0 Å². The van der Waals surface area contributed by atoms with Crippen LogP contribution in [0.1, 0.15) is 271 Å². The van der Waals surface area contributed by atoms with Crippen molar-refractivity contribution < 1.29 is 63.1 Å². The van der Waals surface area contributed by atoms with E-state index in [1.165, 1.54) is 180 Å². The highest BCUT2D eigenvalue weighted by molar-refractivity contribution is 7.47. The number of hydrogen-bond donors (Lipinski definition) is 6. The molecule has 0 bridgehead atoms. The first-order valence-corrected chi connectivity index (χ1v) is 30.0. The zero-order valence-electron chi connectivity index (χ0n) is 43.9. The maximum absolute atomic E-state index is 12.9. The standard InChI is InChI=1S/C55H105O13P/c1-3-5-7-9-11-13-15-17-19-21-22-23-24-25-26-28-29-31-33-35-37-39-41-43-48(56)65-45-47(46-66-69(63,64)68-55-53(61)51(59)50(58)52(60)54(55)62)67-49(57)44-42-40-38-36-34-32-30-27-20-18-16-14-12-10-8-6-4-2/h18,20,47,50-55,58-62H,3-17,19,21-46H2,1-2H3,(H,63,64)/b20-18-. The SMILES string of the molecule is CCCCCCCC/C=C\CCCCCCCCCC(=O)OC(COC(=O)CCCCCCCCCCCCCCCCCCCCCCCCC)COP(=O)(O)OC1C(O)C(O)C(O)C(O)C1O. The van der Waals surface area contributed by atoms with Crippen LogP contribution in [0.2, 0.25) is 0 Å². The molecule has 0 aromatic rings. The first-order valence-electron chi connectivity index (χ1n) is 28.5. The lowest BCUT2D eigenvalue weighted by Crippen LogP contribution is -2.64. The molecule has 6 N–H and O–H groups in total. The second-order valence-corrected chi connectivity index (χ2v) is 21.6. The number of esters is 2. The maximum atomic E-state index is 12.9. The summed E-state index contributed by atoms with van der Waals surface area (Å²) in [5.41, 5.74) is 0. The minimum Gasteiger partial charge on any atom is -0.462 e. The number of phosphoric ester groups is 1. The van der Waals surface area contributed by atoms with E-state index in [0.717, 1.165) is 51.4 Å². The molecule has 0 spiro atoms. The lowest BCUT2D eigenvalue weighted by molar-refractivity contribution is -0.220. The third kappa shape index (κ3) is 37.1. The molecule has 1 aliphatic carbocycles. The van der Waals surface area contributed by atoms with Gasteiger partial charge in [-0.05, 0) is 38.5 Å². The van der Waals surface area contributed by atoms with E-state index < -0.39 is 75.7 Å². The minimum absolute atomic E-state index is 0.0964. The van der Waals surface area contributed by atoms with E-state index in [4.69, 9.17) is 18.5 Å². The van der Waals surface area contributed by atoms with Gasteiger partial charge in [0, 0.05) is 12.8 Å². The topological polar surface area (TPSA) is 210 Å². The summed E-state index contributed by atoms with van der Waals surface area (Å²) >= 11 is 0. The minimum atomic E-state index is -5.12. The van der Waals surface area contributed by atoms with Gasteiger partial charge in [-0.15, -0.1) is 0 Å². The summed E-state index contributed by atoms with van der Waals surface area (Å²) in [4.78, 5) is 35.9. The number of unbranched alkanes of at least 4 members (excludes halogenated alkanes) is 35. The van der Waals surface area contributed by atoms with Gasteiger partial charge in [-0.3, -0.25) is 18.6 Å². The van der Waals surface area contributed by atoms with Gasteiger partial charge in [0.05, 0.1) is 6.61 Å². The van der Waals surface area contributed by atoms with E-state index in [-0.39, 0.29) is 12.8 Å². The molecule has 6 atom stereocenters. The Morgan fingerprint density at radius 2 is 0.739 bits per heavy atom. The van der Waals surface area contributed by atoms with Crippen LogP contribution >= 0.6 is 7.82 Å². The Balaban J connectivity index is 2.31. The van der Waals surface area contributed by atoms with Gasteiger partial charge < -0.3 is 39.9 Å². The molecule has 0 aromatic heterocycles. The normalized spacial score (nSPS) is 20.9. The molecule has 0 aromatic carbocycles.